The second-order valence-corrected chi connectivity index (χ2v) is 10.9. The molecule has 6 N–H and O–H groups in total. The molecule has 1 heterocycles. The van der Waals surface area contributed by atoms with Gasteiger partial charge in [-0.15, -0.1) is 5.10 Å². The maximum absolute atomic E-state index is 13.2. The monoisotopic (exact) mass is 561 g/mol. The van der Waals surface area contributed by atoms with Gasteiger partial charge in [0.1, 0.15) is 17.6 Å². The first-order valence-electron chi connectivity index (χ1n) is 12.1. The number of carboxylic acids is 2. The fraction of sp³-hybridized carbons (Fsp3) is 0.333. The molecule has 14 nitrogen and oxygen atoms in total. The van der Waals surface area contributed by atoms with Gasteiger partial charge in [0.2, 0.25) is 11.8 Å². The molecular formula is C24H28N6O8S. The minimum Gasteiger partial charge on any atom is -0.480 e. The Labute approximate surface area is 224 Å². The van der Waals surface area contributed by atoms with Crippen molar-refractivity contribution in [3.05, 3.63) is 59.7 Å². The summed E-state index contributed by atoms with van der Waals surface area (Å²) in [6.07, 6.45) is -0.935. The molecule has 3 rings (SSSR count). The van der Waals surface area contributed by atoms with Crippen LogP contribution in [-0.4, -0.2) is 75.2 Å². The molecule has 3 atom stereocenters. The molecule has 2 aromatic carbocycles. The molecule has 0 aliphatic carbocycles. The molecule has 1 aromatic heterocycles. The summed E-state index contributed by atoms with van der Waals surface area (Å²) in [6, 6.07) is 7.27. The van der Waals surface area contributed by atoms with Crippen LogP contribution >= 0.6 is 0 Å². The number of hydrogen-bond donors (Lipinski definition) is 5. The van der Waals surface area contributed by atoms with Crippen LogP contribution in [-0.2, 0) is 41.8 Å². The lowest BCUT2D eigenvalue weighted by Gasteiger charge is -2.22. The number of hydrogen-bond acceptors (Lipinski definition) is 9. The SMILES string of the molecule is [2H]N(C(=O)CC[C@H](N)C(=O)O)[C@@H](CS(=O)(=O)Cc1ccc2c(c1)nnn2C)C(=O)NC(C(=O)O)c1ccccc1. The van der Waals surface area contributed by atoms with E-state index in [0.29, 0.717) is 16.6 Å². The van der Waals surface area contributed by atoms with Crippen LogP contribution in [0, 0.1) is 0 Å². The van der Waals surface area contributed by atoms with Gasteiger partial charge in [0.05, 0.1) is 17.0 Å². The first-order valence-corrected chi connectivity index (χ1v) is 13.5. The van der Waals surface area contributed by atoms with E-state index in [4.69, 9.17) is 12.3 Å². The number of nitrogens with zero attached hydrogens (tertiary/aromatic N) is 3. The lowest BCUT2D eigenvalue weighted by molar-refractivity contribution is -0.142. The Morgan fingerprint density at radius 3 is 2.44 bits per heavy atom. The van der Waals surface area contributed by atoms with Crippen molar-refractivity contribution in [1.82, 2.24) is 25.6 Å². The number of aryl methyl sites for hydroxylation is 1. The number of amides is 2. The minimum atomic E-state index is -4.18. The van der Waals surface area contributed by atoms with Gasteiger partial charge in [-0.3, -0.25) is 14.4 Å². The molecule has 2 amide bonds. The predicted octanol–water partition coefficient (Wildman–Crippen LogP) is -0.498. The van der Waals surface area contributed by atoms with Gasteiger partial charge in [-0.2, -0.15) is 0 Å². The minimum absolute atomic E-state index is 0.122. The standard InChI is InChI=1S/C24H28N6O8S/c1-30-19-9-7-14(11-17(19)28-29-30)12-39(37,38)13-18(26-20(31)10-8-16(25)23(33)34)22(32)27-21(24(35)36)15-5-3-2-4-6-15/h2-7,9,11,16,18,21H,8,10,12-13,25H2,1H3,(H,26,31)(H,27,32)(H,33,34)(H,35,36)/t16-,18-,21?/m0/s1/i/hD. The third-order valence-corrected chi connectivity index (χ3v) is 7.33. The van der Waals surface area contributed by atoms with Crippen LogP contribution in [0.25, 0.3) is 11.0 Å². The van der Waals surface area contributed by atoms with Crippen molar-refractivity contribution in [3.8, 4) is 0 Å². The Balaban J connectivity index is 1.86. The van der Waals surface area contributed by atoms with E-state index < -0.39 is 69.6 Å². The summed E-state index contributed by atoms with van der Waals surface area (Å²) in [7, 11) is -2.52. The number of carboxylic acid groups (broad SMARTS) is 2. The topological polar surface area (TPSA) is 224 Å². The molecule has 0 bridgehead atoms. The molecule has 0 saturated carbocycles. The van der Waals surface area contributed by atoms with E-state index >= 15 is 0 Å². The Bertz CT molecular complexity index is 1510. The highest BCUT2D eigenvalue weighted by atomic mass is 32.2. The Morgan fingerprint density at radius 2 is 1.79 bits per heavy atom. The van der Waals surface area contributed by atoms with Crippen LogP contribution in [0.3, 0.4) is 0 Å². The third-order valence-electron chi connectivity index (χ3n) is 5.73. The van der Waals surface area contributed by atoms with Crippen LogP contribution in [0.1, 0.15) is 30.0 Å². The molecular weight excluding hydrogens is 532 g/mol. The second kappa shape index (κ2) is 12.4. The number of aliphatic carboxylic acids is 2. The number of fused-ring (bicyclic) bond motifs is 1. The summed E-state index contributed by atoms with van der Waals surface area (Å²) in [6.45, 7) is 0. The number of nitrogens with two attached hydrogens (primary N) is 1. The average Bonchev–Trinajstić information content (AvgIpc) is 3.27. The largest absolute Gasteiger partial charge is 0.480 e. The summed E-state index contributed by atoms with van der Waals surface area (Å²) in [4.78, 5) is 48.8. The molecule has 208 valence electrons. The van der Waals surface area contributed by atoms with Crippen LogP contribution in [0.15, 0.2) is 48.5 Å². The van der Waals surface area contributed by atoms with Crippen molar-refractivity contribution >= 4 is 44.6 Å². The van der Waals surface area contributed by atoms with Gasteiger partial charge in [-0.05, 0) is 29.7 Å². The van der Waals surface area contributed by atoms with Crippen molar-refractivity contribution in [2.45, 2.75) is 36.7 Å². The third kappa shape index (κ3) is 8.05. The van der Waals surface area contributed by atoms with Gasteiger partial charge in [0.25, 0.3) is 0 Å². The number of rotatable bonds is 13. The molecule has 0 aliphatic rings. The highest BCUT2D eigenvalue weighted by Gasteiger charge is 2.31. The number of carbonyl (C=O) groups excluding carboxylic acids is 2. The molecule has 39 heavy (non-hydrogen) atoms. The molecule has 0 spiro atoms. The molecule has 3 aromatic rings. The second-order valence-electron chi connectivity index (χ2n) is 8.80. The van der Waals surface area contributed by atoms with Gasteiger partial charge in [0, 0.05) is 13.5 Å². The summed E-state index contributed by atoms with van der Waals surface area (Å²) in [5.41, 5.74) is 6.99. The van der Waals surface area contributed by atoms with Crippen molar-refractivity contribution in [1.29, 1.82) is 0 Å². The molecule has 0 aliphatic heterocycles. The Morgan fingerprint density at radius 1 is 1.10 bits per heavy atom. The molecule has 0 fully saturated rings. The van der Waals surface area contributed by atoms with E-state index in [1.807, 2.05) is 0 Å². The Kier molecular flexibility index (Phi) is 8.83. The van der Waals surface area contributed by atoms with E-state index in [1.54, 1.807) is 31.3 Å². The van der Waals surface area contributed by atoms with E-state index in [2.05, 4.69) is 15.6 Å². The number of nitrogens with one attached hydrogen (secondary N) is 2. The van der Waals surface area contributed by atoms with E-state index in [1.165, 1.54) is 28.9 Å². The summed E-state index contributed by atoms with van der Waals surface area (Å²) in [5, 5.41) is 28.7. The zero-order valence-corrected chi connectivity index (χ0v) is 21.6. The first kappa shape index (κ1) is 27.7. The van der Waals surface area contributed by atoms with E-state index in [9.17, 15) is 32.7 Å². The van der Waals surface area contributed by atoms with Crippen molar-refractivity contribution in [2.24, 2.45) is 12.8 Å². The number of aromatic nitrogens is 3. The molecule has 0 saturated heterocycles. The lowest BCUT2D eigenvalue weighted by atomic mass is 10.1. The summed E-state index contributed by atoms with van der Waals surface area (Å²) < 4.78 is 36.1. The van der Waals surface area contributed by atoms with E-state index in [-0.39, 0.29) is 17.3 Å². The maximum Gasteiger partial charge on any atom is 0.330 e. The van der Waals surface area contributed by atoms with Crippen molar-refractivity contribution < 1.29 is 39.2 Å². The smallest absolute Gasteiger partial charge is 0.330 e. The molecule has 15 heteroatoms. The Hall–Kier alpha value is -4.37. The van der Waals surface area contributed by atoms with Gasteiger partial charge >= 0.3 is 11.9 Å². The van der Waals surface area contributed by atoms with Crippen molar-refractivity contribution in [3.63, 3.8) is 0 Å². The highest BCUT2D eigenvalue weighted by molar-refractivity contribution is 7.90. The van der Waals surface area contributed by atoms with Gasteiger partial charge in [0.15, 0.2) is 17.3 Å². The predicted molar refractivity (Wildman–Crippen MR) is 138 cm³/mol. The zero-order chi connectivity index (χ0) is 29.6. The number of sulfone groups is 1. The quantitative estimate of drug-likeness (QED) is 0.179. The number of carbonyl (C=O) groups is 4. The van der Waals surface area contributed by atoms with Crippen LogP contribution < -0.4 is 16.4 Å². The first-order chi connectivity index (χ1) is 18.8. The summed E-state index contributed by atoms with van der Waals surface area (Å²) in [5.74, 6) is -6.69. The van der Waals surface area contributed by atoms with Gasteiger partial charge < -0.3 is 26.6 Å². The number of benzene rings is 2. The van der Waals surface area contributed by atoms with Crippen LogP contribution in [0.2, 0.25) is 1.41 Å². The zero-order valence-electron chi connectivity index (χ0n) is 21.8. The lowest BCUT2D eigenvalue weighted by Crippen LogP contribution is -2.52. The normalized spacial score (nSPS) is 14.2. The highest BCUT2D eigenvalue weighted by Crippen LogP contribution is 2.17. The average molecular weight is 562 g/mol. The van der Waals surface area contributed by atoms with Crippen molar-refractivity contribution in [2.75, 3.05) is 5.75 Å². The molecule has 1 unspecified atom stereocenters. The van der Waals surface area contributed by atoms with Gasteiger partial charge in [-0.1, -0.05) is 41.6 Å². The van der Waals surface area contributed by atoms with Crippen LogP contribution in [0.4, 0.5) is 0 Å². The van der Waals surface area contributed by atoms with E-state index in [0.717, 1.165) is 0 Å². The van der Waals surface area contributed by atoms with Gasteiger partial charge in [-0.25, -0.2) is 17.9 Å². The summed E-state index contributed by atoms with van der Waals surface area (Å²) >= 11 is 0. The fourth-order valence-corrected chi connectivity index (χ4v) is 5.23. The molecule has 0 radical (unpaired) electrons. The fourth-order valence-electron chi connectivity index (χ4n) is 3.71. The maximum atomic E-state index is 13.2. The van der Waals surface area contributed by atoms with Crippen LogP contribution in [0.5, 0.6) is 0 Å².